The third-order valence-corrected chi connectivity index (χ3v) is 5.90. The number of rotatable bonds is 5. The highest BCUT2D eigenvalue weighted by Crippen LogP contribution is 2.21. The zero-order valence-corrected chi connectivity index (χ0v) is 12.9. The van der Waals surface area contributed by atoms with Crippen LogP contribution in [0.4, 0.5) is 5.69 Å². The van der Waals surface area contributed by atoms with Crippen molar-refractivity contribution in [1.29, 1.82) is 0 Å². The van der Waals surface area contributed by atoms with E-state index in [4.69, 9.17) is 0 Å². The van der Waals surface area contributed by atoms with Gasteiger partial charge in [-0.2, -0.15) is 11.8 Å². The molecule has 0 aliphatic carbocycles. The number of hydrogen-bond acceptors (Lipinski definition) is 7. The molecule has 1 aliphatic heterocycles. The van der Waals surface area contributed by atoms with Crippen LogP contribution in [0.5, 0.6) is 0 Å². The van der Waals surface area contributed by atoms with Gasteiger partial charge < -0.3 is 4.98 Å². The summed E-state index contributed by atoms with van der Waals surface area (Å²) in [6.07, 6.45) is 2.30. The molecule has 2 heterocycles. The maximum absolute atomic E-state index is 12.1. The first-order valence-corrected chi connectivity index (χ1v) is 9.26. The maximum Gasteiger partial charge on any atom is 0.287 e. The van der Waals surface area contributed by atoms with Gasteiger partial charge in [-0.25, -0.2) is 8.42 Å². The van der Waals surface area contributed by atoms with Crippen molar-refractivity contribution in [3.63, 3.8) is 0 Å². The number of thioether (sulfide) groups is 1. The van der Waals surface area contributed by atoms with Gasteiger partial charge in [-0.05, 0) is 0 Å². The van der Waals surface area contributed by atoms with Crippen molar-refractivity contribution in [3.8, 4) is 0 Å². The number of carbonyl (C=O) groups excluding carboxylic acids is 1. The molecule has 1 aromatic heterocycles. The van der Waals surface area contributed by atoms with Gasteiger partial charge in [0.25, 0.3) is 5.69 Å². The van der Waals surface area contributed by atoms with Gasteiger partial charge in [0.05, 0.1) is 23.4 Å². The molecule has 0 bridgehead atoms. The molecule has 8 nitrogen and oxygen atoms in total. The molecule has 0 aromatic carbocycles. The zero-order chi connectivity index (χ0) is 15.6. The number of sulfone groups is 1. The Bertz CT molecular complexity index is 655. The van der Waals surface area contributed by atoms with Crippen molar-refractivity contribution in [2.45, 2.75) is 5.37 Å². The lowest BCUT2D eigenvalue weighted by Gasteiger charge is -2.33. The van der Waals surface area contributed by atoms with Crippen LogP contribution in [0, 0.1) is 10.1 Å². The first kappa shape index (κ1) is 16.0. The molecule has 1 atom stereocenters. The van der Waals surface area contributed by atoms with Crippen molar-refractivity contribution in [2.75, 3.05) is 30.9 Å². The standard InChI is InChI=1S/C11H15N3O5S2/c1-21(18,19)11-7-20-3-2-13(11)6-10(15)9-4-8(5-12-9)14(16)17/h4-5,11-12H,2-3,6-7H2,1H3. The summed E-state index contributed by atoms with van der Waals surface area (Å²) in [6, 6.07) is 1.16. The molecule has 10 heteroatoms. The summed E-state index contributed by atoms with van der Waals surface area (Å²) in [5, 5.41) is 9.90. The molecule has 21 heavy (non-hydrogen) atoms. The molecule has 0 saturated carbocycles. The van der Waals surface area contributed by atoms with E-state index in [1.54, 1.807) is 4.90 Å². The highest BCUT2D eigenvalue weighted by atomic mass is 32.2. The molecular formula is C11H15N3O5S2. The summed E-state index contributed by atoms with van der Waals surface area (Å²) >= 11 is 1.54. The zero-order valence-electron chi connectivity index (χ0n) is 11.3. The van der Waals surface area contributed by atoms with E-state index in [-0.39, 0.29) is 23.7 Å². The summed E-state index contributed by atoms with van der Waals surface area (Å²) in [5.41, 5.74) is -0.0700. The summed E-state index contributed by atoms with van der Waals surface area (Å²) in [7, 11) is -3.28. The smallest absolute Gasteiger partial charge is 0.287 e. The van der Waals surface area contributed by atoms with Crippen LogP contribution in [-0.2, 0) is 9.84 Å². The van der Waals surface area contributed by atoms with E-state index < -0.39 is 20.1 Å². The number of hydrogen-bond donors (Lipinski definition) is 1. The maximum atomic E-state index is 12.1. The second-order valence-corrected chi connectivity index (χ2v) is 8.13. The largest absolute Gasteiger partial charge is 0.353 e. The van der Waals surface area contributed by atoms with Crippen LogP contribution in [0.3, 0.4) is 0 Å². The molecule has 2 rings (SSSR count). The Kier molecular flexibility index (Phi) is 4.69. The molecular weight excluding hydrogens is 318 g/mol. The Morgan fingerprint density at radius 3 is 2.90 bits per heavy atom. The number of Topliss-reactive ketones (excluding diaryl/α,β-unsaturated/α-hetero) is 1. The Morgan fingerprint density at radius 2 is 2.33 bits per heavy atom. The molecule has 1 saturated heterocycles. The van der Waals surface area contributed by atoms with Crippen LogP contribution >= 0.6 is 11.8 Å². The molecule has 1 fully saturated rings. The number of nitro groups is 1. The van der Waals surface area contributed by atoms with E-state index >= 15 is 0 Å². The average molecular weight is 333 g/mol. The topological polar surface area (TPSA) is 113 Å². The fourth-order valence-corrected chi connectivity index (χ4v) is 5.05. The second kappa shape index (κ2) is 6.16. The van der Waals surface area contributed by atoms with E-state index in [1.165, 1.54) is 11.8 Å². The Labute approximate surface area is 126 Å². The molecule has 1 aromatic rings. The van der Waals surface area contributed by atoms with Gasteiger partial charge in [-0.3, -0.25) is 19.8 Å². The number of nitrogens with zero attached hydrogens (tertiary/aromatic N) is 2. The Balaban J connectivity index is 2.11. The van der Waals surface area contributed by atoms with Crippen molar-refractivity contribution in [1.82, 2.24) is 9.88 Å². The van der Waals surface area contributed by atoms with Gasteiger partial charge in [0.2, 0.25) is 0 Å². The molecule has 1 aliphatic rings. The summed E-state index contributed by atoms with van der Waals surface area (Å²) < 4.78 is 23.5. The van der Waals surface area contributed by atoms with Crippen LogP contribution in [0.15, 0.2) is 12.3 Å². The Morgan fingerprint density at radius 1 is 1.62 bits per heavy atom. The number of aromatic nitrogens is 1. The lowest BCUT2D eigenvalue weighted by Crippen LogP contribution is -2.48. The quantitative estimate of drug-likeness (QED) is 0.475. The van der Waals surface area contributed by atoms with Gasteiger partial charge in [0, 0.05) is 30.4 Å². The van der Waals surface area contributed by atoms with Gasteiger partial charge in [0.1, 0.15) is 5.37 Å². The highest BCUT2D eigenvalue weighted by molar-refractivity contribution is 8.00. The number of nitrogens with one attached hydrogen (secondary N) is 1. The number of H-pyrrole nitrogens is 1. The third kappa shape index (κ3) is 3.83. The van der Waals surface area contributed by atoms with Crippen molar-refractivity contribution in [3.05, 3.63) is 28.1 Å². The van der Waals surface area contributed by atoms with Crippen LogP contribution in [-0.4, -0.2) is 65.2 Å². The normalized spacial score (nSPS) is 20.3. The summed E-state index contributed by atoms with van der Waals surface area (Å²) in [6.45, 7) is 0.424. The Hall–Kier alpha value is -1.39. The fourth-order valence-electron chi connectivity index (χ4n) is 2.11. The van der Waals surface area contributed by atoms with Crippen LogP contribution in [0.1, 0.15) is 10.5 Å². The monoisotopic (exact) mass is 333 g/mol. The fraction of sp³-hybridized carbons (Fsp3) is 0.545. The third-order valence-electron chi connectivity index (χ3n) is 3.21. The molecule has 0 amide bonds. The first-order valence-electron chi connectivity index (χ1n) is 6.15. The number of ketones is 1. The molecule has 116 valence electrons. The lowest BCUT2D eigenvalue weighted by molar-refractivity contribution is -0.384. The minimum atomic E-state index is -3.28. The van der Waals surface area contributed by atoms with Gasteiger partial charge in [0.15, 0.2) is 15.6 Å². The predicted molar refractivity (Wildman–Crippen MR) is 79.3 cm³/mol. The van der Waals surface area contributed by atoms with Gasteiger partial charge in [-0.1, -0.05) is 0 Å². The minimum absolute atomic E-state index is 0.0734. The first-order chi connectivity index (χ1) is 9.79. The van der Waals surface area contributed by atoms with E-state index in [0.717, 1.165) is 24.3 Å². The van der Waals surface area contributed by atoms with Crippen LogP contribution in [0.2, 0.25) is 0 Å². The second-order valence-electron chi connectivity index (χ2n) is 4.78. The van der Waals surface area contributed by atoms with E-state index in [0.29, 0.717) is 12.3 Å². The van der Waals surface area contributed by atoms with E-state index in [9.17, 15) is 23.3 Å². The van der Waals surface area contributed by atoms with E-state index in [2.05, 4.69) is 4.98 Å². The summed E-state index contributed by atoms with van der Waals surface area (Å²) in [5.74, 6) is 0.824. The van der Waals surface area contributed by atoms with Crippen molar-refractivity contribution < 1.29 is 18.1 Å². The average Bonchev–Trinajstić information content (AvgIpc) is 2.88. The number of aromatic amines is 1. The van der Waals surface area contributed by atoms with Crippen LogP contribution in [0.25, 0.3) is 0 Å². The minimum Gasteiger partial charge on any atom is -0.353 e. The lowest BCUT2D eigenvalue weighted by atomic mass is 10.2. The SMILES string of the molecule is CS(=O)(=O)C1CSCCN1CC(=O)c1cc([N+](=O)[O-])c[nH]1. The van der Waals surface area contributed by atoms with Crippen LogP contribution < -0.4 is 0 Å². The van der Waals surface area contributed by atoms with Gasteiger partial charge in [-0.15, -0.1) is 0 Å². The molecule has 1 unspecified atom stereocenters. The van der Waals surface area contributed by atoms with Gasteiger partial charge >= 0.3 is 0 Å². The molecule has 1 N–H and O–H groups in total. The van der Waals surface area contributed by atoms with Crippen molar-refractivity contribution in [2.24, 2.45) is 0 Å². The summed E-state index contributed by atoms with van der Waals surface area (Å²) in [4.78, 5) is 26.3. The van der Waals surface area contributed by atoms with E-state index in [1.807, 2.05) is 0 Å². The van der Waals surface area contributed by atoms with Crippen molar-refractivity contribution >= 4 is 33.1 Å². The molecule has 0 radical (unpaired) electrons. The predicted octanol–water partition coefficient (Wildman–Crippen LogP) is 0.525. The molecule has 0 spiro atoms. The number of carbonyl (C=O) groups is 1. The highest BCUT2D eigenvalue weighted by Gasteiger charge is 2.32.